The van der Waals surface area contributed by atoms with Crippen LogP contribution >= 0.6 is 0 Å². The number of anilines is 1. The molecular formula is C16H16N4O5. The molecule has 0 aliphatic heterocycles. The molecule has 9 nitrogen and oxygen atoms in total. The Bertz CT molecular complexity index is 770. The number of nitrogens with one attached hydrogen (secondary N) is 1. The lowest BCUT2D eigenvalue weighted by Gasteiger charge is -2.14. The van der Waals surface area contributed by atoms with Gasteiger partial charge in [-0.1, -0.05) is 42.5 Å². The topological polar surface area (TPSA) is 159 Å². The molecule has 0 saturated carbocycles. The number of benzene rings is 2. The second kappa shape index (κ2) is 7.20. The van der Waals surface area contributed by atoms with Crippen molar-refractivity contribution < 1.29 is 24.6 Å². The summed E-state index contributed by atoms with van der Waals surface area (Å²) in [5, 5.41) is 19.1. The van der Waals surface area contributed by atoms with Crippen molar-refractivity contribution in [1.29, 1.82) is 0 Å². The minimum absolute atomic E-state index is 0.0671. The number of carbonyl (C=O) groups is 3. The van der Waals surface area contributed by atoms with Gasteiger partial charge in [-0.15, -0.1) is 0 Å². The Morgan fingerprint density at radius 3 is 1.80 bits per heavy atom. The summed E-state index contributed by atoms with van der Waals surface area (Å²) in [5.41, 5.74) is 2.64. The monoisotopic (exact) mass is 344 g/mol. The lowest BCUT2D eigenvalue weighted by Crippen LogP contribution is -2.47. The fourth-order valence-electron chi connectivity index (χ4n) is 2.13. The molecule has 0 bridgehead atoms. The Balaban J connectivity index is 0.000000181. The van der Waals surface area contributed by atoms with E-state index in [4.69, 9.17) is 21.9 Å². The van der Waals surface area contributed by atoms with Gasteiger partial charge in [-0.2, -0.15) is 0 Å². The third-order valence-corrected chi connectivity index (χ3v) is 3.43. The van der Waals surface area contributed by atoms with Crippen LogP contribution in [0.1, 0.15) is 20.7 Å². The smallest absolute Gasteiger partial charge is 0.350 e. The number of rotatable bonds is 1. The first kappa shape index (κ1) is 18.2. The van der Waals surface area contributed by atoms with Crippen LogP contribution < -0.4 is 22.1 Å². The molecule has 2 amide bonds. The Labute approximate surface area is 142 Å². The lowest BCUT2D eigenvalue weighted by atomic mass is 10.1. The third kappa shape index (κ3) is 3.54. The number of aliphatic hydroxyl groups is 2. The van der Waals surface area contributed by atoms with Crippen LogP contribution in [0, 0.1) is 0 Å². The zero-order chi connectivity index (χ0) is 18.6. The van der Waals surface area contributed by atoms with E-state index in [0.29, 0.717) is 5.69 Å². The molecule has 0 heterocycles. The van der Waals surface area contributed by atoms with Gasteiger partial charge < -0.3 is 10.2 Å². The van der Waals surface area contributed by atoms with Crippen LogP contribution in [0.25, 0.3) is 0 Å². The van der Waals surface area contributed by atoms with Gasteiger partial charge >= 0.3 is 6.03 Å². The summed E-state index contributed by atoms with van der Waals surface area (Å²) >= 11 is 0. The van der Waals surface area contributed by atoms with Gasteiger partial charge in [0.1, 0.15) is 0 Å². The highest BCUT2D eigenvalue weighted by Gasteiger charge is 2.50. The number of para-hydroxylation sites is 1. The zero-order valence-corrected chi connectivity index (χ0v) is 12.9. The number of carbonyl (C=O) groups excluding carboxylic acids is 3. The molecule has 0 spiro atoms. The molecule has 0 saturated heterocycles. The maximum atomic E-state index is 11.2. The van der Waals surface area contributed by atoms with Gasteiger partial charge in [-0.05, 0) is 12.1 Å². The summed E-state index contributed by atoms with van der Waals surface area (Å²) in [5.74, 6) is 5.52. The highest BCUT2D eigenvalue weighted by atomic mass is 16.5. The average molecular weight is 344 g/mol. The molecule has 0 unspecified atom stereocenters. The van der Waals surface area contributed by atoms with E-state index in [1.807, 2.05) is 11.5 Å². The van der Waals surface area contributed by atoms with E-state index < -0.39 is 23.4 Å². The Morgan fingerprint density at radius 1 is 0.920 bits per heavy atom. The molecule has 0 radical (unpaired) electrons. The first-order valence-electron chi connectivity index (χ1n) is 7.04. The highest BCUT2D eigenvalue weighted by Crippen LogP contribution is 2.27. The van der Waals surface area contributed by atoms with E-state index in [1.54, 1.807) is 36.4 Å². The van der Waals surface area contributed by atoms with E-state index >= 15 is 0 Å². The van der Waals surface area contributed by atoms with E-state index in [0.717, 1.165) is 5.01 Å². The molecule has 0 atom stereocenters. The number of ketones is 2. The number of hydrogen-bond acceptors (Lipinski definition) is 7. The number of Topliss-reactive ketones (excluding diaryl/α,β-unsaturated/α-hetero) is 2. The van der Waals surface area contributed by atoms with Gasteiger partial charge in [0.15, 0.2) is 0 Å². The Kier molecular flexibility index (Phi) is 5.25. The fourth-order valence-corrected chi connectivity index (χ4v) is 2.13. The minimum atomic E-state index is -2.86. The van der Waals surface area contributed by atoms with Crippen LogP contribution in [-0.4, -0.2) is 33.6 Å². The van der Waals surface area contributed by atoms with Crippen molar-refractivity contribution in [1.82, 2.24) is 5.43 Å². The molecule has 2 aromatic rings. The summed E-state index contributed by atoms with van der Waals surface area (Å²) in [7, 11) is 0. The normalized spacial score (nSPS) is 14.2. The molecule has 1 aliphatic carbocycles. The van der Waals surface area contributed by atoms with E-state index in [9.17, 15) is 14.4 Å². The average Bonchev–Trinajstić information content (AvgIpc) is 2.82. The van der Waals surface area contributed by atoms with E-state index in [2.05, 4.69) is 0 Å². The summed E-state index contributed by atoms with van der Waals surface area (Å²) in [4.78, 5) is 33.3. The molecule has 9 heteroatoms. The summed E-state index contributed by atoms with van der Waals surface area (Å²) in [6, 6.07) is 14.1. The molecule has 2 aromatic carbocycles. The van der Waals surface area contributed by atoms with Crippen LogP contribution in [0.3, 0.4) is 0 Å². The van der Waals surface area contributed by atoms with Crippen molar-refractivity contribution in [2.45, 2.75) is 5.79 Å². The summed E-state index contributed by atoms with van der Waals surface area (Å²) < 4.78 is 0. The molecule has 0 fully saturated rings. The number of fused-ring (bicyclic) bond motifs is 1. The van der Waals surface area contributed by atoms with Gasteiger partial charge in [0, 0.05) is 11.1 Å². The number of amides is 2. The number of hydrogen-bond donors (Lipinski definition) is 5. The van der Waals surface area contributed by atoms with Crippen molar-refractivity contribution >= 4 is 23.3 Å². The number of nitrogens with zero attached hydrogens (tertiary/aromatic N) is 1. The van der Waals surface area contributed by atoms with Crippen molar-refractivity contribution in [3.8, 4) is 0 Å². The Morgan fingerprint density at radius 2 is 1.36 bits per heavy atom. The van der Waals surface area contributed by atoms with Gasteiger partial charge in [-0.25, -0.2) is 21.5 Å². The molecular weight excluding hydrogens is 328 g/mol. The van der Waals surface area contributed by atoms with Crippen molar-refractivity contribution in [2.24, 2.45) is 11.7 Å². The lowest BCUT2D eigenvalue weighted by molar-refractivity contribution is -0.0857. The van der Waals surface area contributed by atoms with E-state index in [-0.39, 0.29) is 11.1 Å². The van der Waals surface area contributed by atoms with Crippen molar-refractivity contribution in [3.63, 3.8) is 0 Å². The molecule has 0 aromatic heterocycles. The molecule has 130 valence electrons. The fraction of sp³-hybridized carbons (Fsp3) is 0.0625. The maximum absolute atomic E-state index is 11.2. The van der Waals surface area contributed by atoms with Crippen molar-refractivity contribution in [3.05, 3.63) is 65.7 Å². The van der Waals surface area contributed by atoms with Gasteiger partial charge in [0.25, 0.3) is 5.79 Å². The predicted octanol–water partition coefficient (Wildman–Crippen LogP) is -0.303. The van der Waals surface area contributed by atoms with Gasteiger partial charge in [-0.3, -0.25) is 15.0 Å². The van der Waals surface area contributed by atoms with Gasteiger partial charge in [0.05, 0.1) is 5.69 Å². The number of hydrazine groups is 2. The maximum Gasteiger partial charge on any atom is 0.350 e. The minimum Gasteiger partial charge on any atom is -0.353 e. The molecule has 25 heavy (non-hydrogen) atoms. The van der Waals surface area contributed by atoms with Crippen LogP contribution in [-0.2, 0) is 0 Å². The number of urea groups is 1. The SMILES string of the molecule is NNC(=O)N(N)c1ccccc1.O=C1c2ccccc2C(=O)C1(O)O. The predicted molar refractivity (Wildman–Crippen MR) is 88.1 cm³/mol. The first-order chi connectivity index (χ1) is 11.8. The van der Waals surface area contributed by atoms with Gasteiger partial charge in [0.2, 0.25) is 11.6 Å². The van der Waals surface area contributed by atoms with Crippen molar-refractivity contribution in [2.75, 3.05) is 5.01 Å². The summed E-state index contributed by atoms with van der Waals surface area (Å²) in [6.45, 7) is 0. The Hall–Kier alpha value is -3.11. The van der Waals surface area contributed by atoms with Crippen LogP contribution in [0.4, 0.5) is 10.5 Å². The molecule has 3 rings (SSSR count). The largest absolute Gasteiger partial charge is 0.353 e. The summed E-state index contributed by atoms with van der Waals surface area (Å²) in [6.07, 6.45) is 0. The third-order valence-electron chi connectivity index (χ3n) is 3.43. The zero-order valence-electron chi connectivity index (χ0n) is 12.9. The van der Waals surface area contributed by atoms with E-state index in [1.165, 1.54) is 12.1 Å². The quantitative estimate of drug-likeness (QED) is 0.156. The van der Waals surface area contributed by atoms with Crippen LogP contribution in [0.2, 0.25) is 0 Å². The number of nitrogens with two attached hydrogens (primary N) is 2. The molecule has 7 N–H and O–H groups in total. The van der Waals surface area contributed by atoms with Crippen LogP contribution in [0.5, 0.6) is 0 Å². The highest BCUT2D eigenvalue weighted by molar-refractivity contribution is 6.30. The second-order valence-electron chi connectivity index (χ2n) is 5.03. The molecule has 1 aliphatic rings. The first-order valence-corrected chi connectivity index (χ1v) is 7.04. The van der Waals surface area contributed by atoms with Crippen LogP contribution in [0.15, 0.2) is 54.6 Å². The second-order valence-corrected chi connectivity index (χ2v) is 5.03. The standard InChI is InChI=1S/C9H6O4.C7H10N4O/c10-7-5-3-1-2-4-6(5)8(11)9(7,12)13;8-10-7(12)11(9)6-4-2-1-3-5-6/h1-4,12-13H;1-5H,8-9H2,(H,10,12).